The number of aliphatic hydroxyl groups is 1. The molecular formula is C39H36F4N6O5S. The van der Waals surface area contributed by atoms with Crippen LogP contribution in [-0.4, -0.2) is 79.0 Å². The van der Waals surface area contributed by atoms with Crippen LogP contribution in [-0.2, 0) is 11.3 Å². The fourth-order valence-electron chi connectivity index (χ4n) is 7.05. The van der Waals surface area contributed by atoms with Crippen LogP contribution in [0.3, 0.4) is 0 Å². The van der Waals surface area contributed by atoms with Gasteiger partial charge in [-0.05, 0) is 55.3 Å². The molecule has 0 radical (unpaired) electrons. The summed E-state index contributed by atoms with van der Waals surface area (Å²) in [4.78, 5) is 52.1. The Morgan fingerprint density at radius 2 is 1.76 bits per heavy atom. The minimum atomic E-state index is -3.86. The molecule has 0 unspecified atom stereocenters. The van der Waals surface area contributed by atoms with Gasteiger partial charge in [-0.25, -0.2) is 22.5 Å². The van der Waals surface area contributed by atoms with Gasteiger partial charge in [-0.15, -0.1) is 11.3 Å². The molecule has 5 heterocycles. The summed E-state index contributed by atoms with van der Waals surface area (Å²) in [6.07, 6.45) is 2.09. The molecule has 5 aromatic rings. The molecule has 7 rings (SSSR count). The summed E-state index contributed by atoms with van der Waals surface area (Å²) in [5, 5.41) is 11.3. The molecule has 0 saturated carbocycles. The number of ether oxygens (including phenoxy) is 1. The predicted molar refractivity (Wildman–Crippen MR) is 196 cm³/mol. The number of piperidine rings is 2. The van der Waals surface area contributed by atoms with Crippen LogP contribution in [0.5, 0.6) is 11.6 Å². The molecule has 3 N–H and O–H groups in total. The van der Waals surface area contributed by atoms with Crippen molar-refractivity contribution in [2.45, 2.75) is 43.8 Å². The number of benzene rings is 2. The summed E-state index contributed by atoms with van der Waals surface area (Å²) in [7, 11) is 0. The minimum Gasteiger partial charge on any atom is -0.437 e. The third-order valence-electron chi connectivity index (χ3n) is 10.2. The van der Waals surface area contributed by atoms with Crippen molar-refractivity contribution in [3.05, 3.63) is 123 Å². The van der Waals surface area contributed by atoms with Crippen LogP contribution in [0, 0.1) is 24.5 Å². The van der Waals surface area contributed by atoms with Crippen molar-refractivity contribution in [2.24, 2.45) is 5.92 Å². The molecule has 3 aromatic heterocycles. The van der Waals surface area contributed by atoms with E-state index in [1.807, 2.05) is 6.92 Å². The van der Waals surface area contributed by atoms with Crippen molar-refractivity contribution in [2.75, 3.05) is 31.9 Å². The van der Waals surface area contributed by atoms with Gasteiger partial charge in [-0.3, -0.25) is 23.9 Å². The van der Waals surface area contributed by atoms with Gasteiger partial charge < -0.3 is 25.4 Å². The van der Waals surface area contributed by atoms with Crippen LogP contribution >= 0.6 is 11.3 Å². The van der Waals surface area contributed by atoms with Gasteiger partial charge in [0.2, 0.25) is 11.8 Å². The number of nitrogen functional groups attached to an aromatic ring is 1. The monoisotopic (exact) mass is 776 g/mol. The standard InChI is InChI=1S/C39H36F4N6O5S/c1-23-7-8-25(18-45-23)31-17-30(41)33(55-31)37(52)47-15-13-28(29(19-47)24-5-3-2-4-6-24)35(50)48-16-14-38(53,39(42,43)21-48)20-49-22-46-34(32(44)36(49)51)54-27-11-9-26(40)10-12-27/h2-12,17-18,22,28-29,53H,13-16,19-21,44H2,1H3/t28-,29+,38+/m1/s1. The highest BCUT2D eigenvalue weighted by Gasteiger charge is 2.58. The number of aromatic nitrogens is 3. The average molecular weight is 777 g/mol. The number of hydrogen-bond acceptors (Lipinski definition) is 9. The number of alkyl halides is 2. The number of amides is 2. The molecule has 2 fully saturated rings. The number of pyridine rings is 1. The molecule has 286 valence electrons. The lowest BCUT2D eigenvalue weighted by Gasteiger charge is -2.46. The first kappa shape index (κ1) is 37.7. The molecule has 55 heavy (non-hydrogen) atoms. The first-order chi connectivity index (χ1) is 26.2. The Morgan fingerprint density at radius 3 is 2.45 bits per heavy atom. The maximum atomic E-state index is 15.9. The minimum absolute atomic E-state index is 0.0460. The second-order valence-corrected chi connectivity index (χ2v) is 14.9. The summed E-state index contributed by atoms with van der Waals surface area (Å²) in [6, 6.07) is 18.7. The van der Waals surface area contributed by atoms with Crippen LogP contribution in [0.15, 0.2) is 90.1 Å². The first-order valence-electron chi connectivity index (χ1n) is 17.5. The number of nitrogens with zero attached hydrogens (tertiary/aromatic N) is 5. The number of carbonyl (C=O) groups excluding carboxylic acids is 2. The normalized spacial score (nSPS) is 21.0. The van der Waals surface area contributed by atoms with Gasteiger partial charge in [0, 0.05) is 60.2 Å². The van der Waals surface area contributed by atoms with Gasteiger partial charge in [0.25, 0.3) is 17.4 Å². The molecule has 11 nitrogen and oxygen atoms in total. The third kappa shape index (κ3) is 7.56. The van der Waals surface area contributed by atoms with Crippen molar-refractivity contribution in [1.29, 1.82) is 0 Å². The summed E-state index contributed by atoms with van der Waals surface area (Å²) in [5.74, 6) is -7.72. The van der Waals surface area contributed by atoms with Gasteiger partial charge in [0.15, 0.2) is 5.69 Å². The van der Waals surface area contributed by atoms with Crippen LogP contribution in [0.25, 0.3) is 10.4 Å². The fraction of sp³-hybridized carbons (Fsp3) is 0.308. The van der Waals surface area contributed by atoms with Crippen molar-refractivity contribution in [1.82, 2.24) is 24.3 Å². The van der Waals surface area contributed by atoms with Crippen molar-refractivity contribution in [3.8, 4) is 22.1 Å². The number of aryl methyl sites for hydroxylation is 1. The van der Waals surface area contributed by atoms with E-state index in [0.717, 1.165) is 45.0 Å². The lowest BCUT2D eigenvalue weighted by Crippen LogP contribution is -2.64. The molecule has 2 aliphatic rings. The second-order valence-electron chi connectivity index (χ2n) is 13.8. The molecular weight excluding hydrogens is 741 g/mol. The summed E-state index contributed by atoms with van der Waals surface area (Å²) >= 11 is 1.01. The zero-order valence-electron chi connectivity index (χ0n) is 29.5. The van der Waals surface area contributed by atoms with E-state index in [1.165, 1.54) is 23.1 Å². The van der Waals surface area contributed by atoms with Crippen LogP contribution < -0.4 is 16.0 Å². The van der Waals surface area contributed by atoms with Crippen molar-refractivity contribution >= 4 is 28.8 Å². The molecule has 2 amide bonds. The Hall–Kier alpha value is -5.61. The van der Waals surface area contributed by atoms with E-state index in [0.29, 0.717) is 16.0 Å². The van der Waals surface area contributed by atoms with Crippen LogP contribution in [0.4, 0.5) is 23.2 Å². The van der Waals surface area contributed by atoms with Crippen molar-refractivity contribution < 1.29 is 37.0 Å². The number of carbonyl (C=O) groups is 2. The number of hydrogen-bond donors (Lipinski definition) is 2. The van der Waals surface area contributed by atoms with Gasteiger partial charge in [-0.1, -0.05) is 36.4 Å². The molecule has 0 bridgehead atoms. The quantitative estimate of drug-likeness (QED) is 0.186. The highest BCUT2D eigenvalue weighted by Crippen LogP contribution is 2.41. The number of likely N-dealkylation sites (tertiary alicyclic amines) is 2. The molecule has 0 aliphatic carbocycles. The van der Waals surface area contributed by atoms with Crippen LogP contribution in [0.1, 0.15) is 39.7 Å². The lowest BCUT2D eigenvalue weighted by molar-refractivity contribution is -0.223. The topological polar surface area (TPSA) is 144 Å². The Morgan fingerprint density at radius 1 is 1.02 bits per heavy atom. The summed E-state index contributed by atoms with van der Waals surface area (Å²) < 4.78 is 66.6. The largest absolute Gasteiger partial charge is 0.437 e. The Kier molecular flexibility index (Phi) is 10.2. The maximum absolute atomic E-state index is 15.9. The second kappa shape index (κ2) is 14.9. The lowest BCUT2D eigenvalue weighted by atomic mass is 9.78. The zero-order chi connectivity index (χ0) is 39.1. The number of halogens is 4. The number of thiophene rings is 1. The average Bonchev–Trinajstić information content (AvgIpc) is 3.57. The molecule has 2 aromatic carbocycles. The van der Waals surface area contributed by atoms with Crippen LogP contribution in [0.2, 0.25) is 0 Å². The van der Waals surface area contributed by atoms with Crippen molar-refractivity contribution in [3.63, 3.8) is 0 Å². The summed E-state index contributed by atoms with van der Waals surface area (Å²) in [6.45, 7) is -0.273. The Balaban J connectivity index is 1.06. The van der Waals surface area contributed by atoms with Gasteiger partial charge in [0.05, 0.1) is 13.1 Å². The third-order valence-corrected chi connectivity index (χ3v) is 11.3. The molecule has 3 atom stereocenters. The van der Waals surface area contributed by atoms with E-state index in [4.69, 9.17) is 10.5 Å². The van der Waals surface area contributed by atoms with E-state index in [2.05, 4.69) is 9.97 Å². The molecule has 2 saturated heterocycles. The SMILES string of the molecule is Cc1ccc(-c2cc(F)c(C(=O)N3CC[C@@H](C(=O)N4CC[C@](O)(Cn5cnc(Oc6ccc(F)cc6)c(N)c5=O)C(F)(F)C4)[C@H](c4ccccc4)C3)s2)cn1. The van der Waals surface area contributed by atoms with E-state index < -0.39 is 77.6 Å². The maximum Gasteiger partial charge on any atom is 0.295 e. The van der Waals surface area contributed by atoms with E-state index in [-0.39, 0.29) is 42.6 Å². The predicted octanol–water partition coefficient (Wildman–Crippen LogP) is 5.87. The van der Waals surface area contributed by atoms with Gasteiger partial charge in [0.1, 0.15) is 34.2 Å². The number of rotatable bonds is 8. The van der Waals surface area contributed by atoms with E-state index in [9.17, 15) is 23.9 Å². The molecule has 16 heteroatoms. The molecule has 0 spiro atoms. The number of anilines is 1. The Bertz CT molecular complexity index is 2270. The highest BCUT2D eigenvalue weighted by atomic mass is 32.1. The van der Waals surface area contributed by atoms with E-state index >= 15 is 13.2 Å². The smallest absolute Gasteiger partial charge is 0.295 e. The van der Waals surface area contributed by atoms with E-state index in [1.54, 1.807) is 48.7 Å². The summed E-state index contributed by atoms with van der Waals surface area (Å²) in [5.41, 5.74) is 3.92. The van der Waals surface area contributed by atoms with Gasteiger partial charge >= 0.3 is 0 Å². The molecule has 2 aliphatic heterocycles. The fourth-order valence-corrected chi connectivity index (χ4v) is 8.04. The highest BCUT2D eigenvalue weighted by molar-refractivity contribution is 7.17. The zero-order valence-corrected chi connectivity index (χ0v) is 30.3. The number of nitrogens with two attached hydrogens (primary N) is 1. The first-order valence-corrected chi connectivity index (χ1v) is 18.3. The van der Waals surface area contributed by atoms with Gasteiger partial charge in [-0.2, -0.15) is 0 Å². The Labute approximate surface area is 316 Å².